The van der Waals surface area contributed by atoms with Crippen molar-refractivity contribution >= 4 is 22.8 Å². The number of rotatable bonds is 6. The second-order valence-corrected chi connectivity index (χ2v) is 5.14. The Bertz CT molecular complexity index is 403. The van der Waals surface area contributed by atoms with Crippen molar-refractivity contribution in [1.29, 1.82) is 0 Å². The van der Waals surface area contributed by atoms with Crippen LogP contribution in [-0.2, 0) is 6.42 Å². The summed E-state index contributed by atoms with van der Waals surface area (Å²) in [5.41, 5.74) is 2.23. The molecule has 0 radical (unpaired) electrons. The zero-order chi connectivity index (χ0) is 11.2. The first-order chi connectivity index (χ1) is 7.90. The SMILES string of the molecule is CCCCSCCc1nc2ccccc2[nH]1. The summed E-state index contributed by atoms with van der Waals surface area (Å²) in [5.74, 6) is 3.56. The van der Waals surface area contributed by atoms with E-state index in [4.69, 9.17) is 0 Å². The van der Waals surface area contributed by atoms with Crippen molar-refractivity contribution in [2.75, 3.05) is 11.5 Å². The molecule has 3 heteroatoms. The number of fused-ring (bicyclic) bond motifs is 1. The van der Waals surface area contributed by atoms with Gasteiger partial charge in [0.05, 0.1) is 11.0 Å². The molecule has 86 valence electrons. The van der Waals surface area contributed by atoms with Gasteiger partial charge in [-0.25, -0.2) is 4.98 Å². The van der Waals surface area contributed by atoms with Gasteiger partial charge in [-0.2, -0.15) is 11.8 Å². The Balaban J connectivity index is 1.85. The third kappa shape index (κ3) is 3.01. The number of imidazole rings is 1. The Morgan fingerprint density at radius 2 is 2.12 bits per heavy atom. The van der Waals surface area contributed by atoms with Gasteiger partial charge in [0.2, 0.25) is 0 Å². The smallest absolute Gasteiger partial charge is 0.108 e. The first-order valence-corrected chi connectivity index (χ1v) is 7.07. The monoisotopic (exact) mass is 234 g/mol. The number of hydrogen-bond donors (Lipinski definition) is 1. The predicted molar refractivity (Wildman–Crippen MR) is 72.0 cm³/mol. The Morgan fingerprint density at radius 3 is 2.94 bits per heavy atom. The summed E-state index contributed by atoms with van der Waals surface area (Å²) < 4.78 is 0. The molecule has 0 aliphatic rings. The maximum absolute atomic E-state index is 4.56. The minimum Gasteiger partial charge on any atom is -0.342 e. The van der Waals surface area contributed by atoms with Gasteiger partial charge in [-0.15, -0.1) is 0 Å². The van der Waals surface area contributed by atoms with Crippen molar-refractivity contribution in [1.82, 2.24) is 9.97 Å². The molecule has 2 aromatic rings. The molecule has 0 unspecified atom stereocenters. The highest BCUT2D eigenvalue weighted by atomic mass is 32.2. The molecule has 2 rings (SSSR count). The predicted octanol–water partition coefficient (Wildman–Crippen LogP) is 3.64. The minimum atomic E-state index is 1.04. The summed E-state index contributed by atoms with van der Waals surface area (Å²) in [7, 11) is 0. The molecule has 1 N–H and O–H groups in total. The molecule has 0 saturated carbocycles. The summed E-state index contributed by atoms with van der Waals surface area (Å²) in [6, 6.07) is 8.21. The van der Waals surface area contributed by atoms with Crippen LogP contribution in [-0.4, -0.2) is 21.5 Å². The molecule has 0 atom stereocenters. The molecule has 1 aromatic carbocycles. The van der Waals surface area contributed by atoms with Crippen LogP contribution in [0.2, 0.25) is 0 Å². The second-order valence-electron chi connectivity index (χ2n) is 3.92. The largest absolute Gasteiger partial charge is 0.342 e. The number of nitrogens with one attached hydrogen (secondary N) is 1. The third-order valence-corrected chi connectivity index (χ3v) is 3.63. The maximum Gasteiger partial charge on any atom is 0.108 e. The van der Waals surface area contributed by atoms with E-state index in [9.17, 15) is 0 Å². The number of thioether (sulfide) groups is 1. The van der Waals surface area contributed by atoms with E-state index in [0.29, 0.717) is 0 Å². The molecule has 0 bridgehead atoms. The standard InChI is InChI=1S/C13H18N2S/c1-2-3-9-16-10-8-13-14-11-6-4-5-7-12(11)15-13/h4-7H,2-3,8-10H2,1H3,(H,14,15). The van der Waals surface area contributed by atoms with Crippen molar-refractivity contribution < 1.29 is 0 Å². The molecule has 0 fully saturated rings. The molecule has 16 heavy (non-hydrogen) atoms. The first kappa shape index (κ1) is 11.5. The Labute approximate surface area is 101 Å². The highest BCUT2D eigenvalue weighted by Gasteiger charge is 2.01. The van der Waals surface area contributed by atoms with Gasteiger partial charge in [-0.05, 0) is 24.3 Å². The molecule has 0 amide bonds. The van der Waals surface area contributed by atoms with E-state index in [-0.39, 0.29) is 0 Å². The van der Waals surface area contributed by atoms with Crippen LogP contribution in [0.25, 0.3) is 11.0 Å². The lowest BCUT2D eigenvalue weighted by Crippen LogP contribution is -1.92. The number of benzene rings is 1. The molecule has 2 nitrogen and oxygen atoms in total. The van der Waals surface area contributed by atoms with Crippen LogP contribution >= 0.6 is 11.8 Å². The van der Waals surface area contributed by atoms with Gasteiger partial charge in [0.15, 0.2) is 0 Å². The number of para-hydroxylation sites is 2. The lowest BCUT2D eigenvalue weighted by Gasteiger charge is -1.97. The van der Waals surface area contributed by atoms with Gasteiger partial charge in [0, 0.05) is 12.2 Å². The third-order valence-electron chi connectivity index (χ3n) is 2.56. The average Bonchev–Trinajstić information content (AvgIpc) is 2.71. The number of unbranched alkanes of at least 4 members (excludes halogenated alkanes) is 1. The van der Waals surface area contributed by atoms with E-state index in [0.717, 1.165) is 23.3 Å². The summed E-state index contributed by atoms with van der Waals surface area (Å²) in [4.78, 5) is 7.92. The van der Waals surface area contributed by atoms with E-state index in [2.05, 4.69) is 29.0 Å². The Hall–Kier alpha value is -0.960. The van der Waals surface area contributed by atoms with Gasteiger partial charge < -0.3 is 4.98 Å². The van der Waals surface area contributed by atoms with E-state index >= 15 is 0 Å². The number of aromatic amines is 1. The van der Waals surface area contributed by atoms with E-state index < -0.39 is 0 Å². The summed E-state index contributed by atoms with van der Waals surface area (Å²) >= 11 is 2.02. The molecule has 0 aliphatic carbocycles. The van der Waals surface area contributed by atoms with E-state index in [1.54, 1.807) is 0 Å². The number of aromatic nitrogens is 2. The first-order valence-electron chi connectivity index (χ1n) is 5.91. The van der Waals surface area contributed by atoms with Crippen LogP contribution in [0, 0.1) is 0 Å². The van der Waals surface area contributed by atoms with Crippen molar-refractivity contribution in [3.05, 3.63) is 30.1 Å². The summed E-state index contributed by atoms with van der Waals surface area (Å²) in [6.07, 6.45) is 3.66. The topological polar surface area (TPSA) is 28.7 Å². The zero-order valence-corrected chi connectivity index (χ0v) is 10.5. The molecular formula is C13H18N2S. The van der Waals surface area contributed by atoms with Crippen molar-refractivity contribution in [3.8, 4) is 0 Å². The van der Waals surface area contributed by atoms with Crippen LogP contribution < -0.4 is 0 Å². The molecule has 1 heterocycles. The van der Waals surface area contributed by atoms with Crippen molar-refractivity contribution in [2.45, 2.75) is 26.2 Å². The molecule has 1 aromatic heterocycles. The van der Waals surface area contributed by atoms with Crippen LogP contribution in [0.4, 0.5) is 0 Å². The molecule has 0 aliphatic heterocycles. The van der Waals surface area contributed by atoms with Gasteiger partial charge in [-0.1, -0.05) is 25.5 Å². The zero-order valence-electron chi connectivity index (χ0n) is 9.70. The number of aryl methyl sites for hydroxylation is 1. The number of hydrogen-bond acceptors (Lipinski definition) is 2. The fourth-order valence-corrected chi connectivity index (χ4v) is 2.68. The summed E-state index contributed by atoms with van der Waals surface area (Å²) in [5, 5.41) is 0. The quantitative estimate of drug-likeness (QED) is 0.773. The van der Waals surface area contributed by atoms with Gasteiger partial charge in [-0.3, -0.25) is 0 Å². The van der Waals surface area contributed by atoms with Crippen molar-refractivity contribution in [2.24, 2.45) is 0 Å². The van der Waals surface area contributed by atoms with Crippen LogP contribution in [0.5, 0.6) is 0 Å². The van der Waals surface area contributed by atoms with Crippen LogP contribution in [0.15, 0.2) is 24.3 Å². The highest BCUT2D eigenvalue weighted by molar-refractivity contribution is 7.99. The number of H-pyrrole nitrogens is 1. The van der Waals surface area contributed by atoms with Crippen molar-refractivity contribution in [3.63, 3.8) is 0 Å². The fourth-order valence-electron chi connectivity index (χ4n) is 1.64. The fraction of sp³-hybridized carbons (Fsp3) is 0.462. The van der Waals surface area contributed by atoms with E-state index in [1.165, 1.54) is 24.3 Å². The van der Waals surface area contributed by atoms with Crippen LogP contribution in [0.1, 0.15) is 25.6 Å². The van der Waals surface area contributed by atoms with Gasteiger partial charge >= 0.3 is 0 Å². The van der Waals surface area contributed by atoms with Gasteiger partial charge in [0.25, 0.3) is 0 Å². The Kier molecular flexibility index (Phi) is 4.28. The molecule has 0 saturated heterocycles. The summed E-state index contributed by atoms with van der Waals surface area (Å²) in [6.45, 7) is 2.24. The van der Waals surface area contributed by atoms with E-state index in [1.807, 2.05) is 23.9 Å². The lowest BCUT2D eigenvalue weighted by molar-refractivity contribution is 0.894. The number of nitrogens with zero attached hydrogens (tertiary/aromatic N) is 1. The highest BCUT2D eigenvalue weighted by Crippen LogP contribution is 2.12. The minimum absolute atomic E-state index is 1.04. The Morgan fingerprint density at radius 1 is 1.25 bits per heavy atom. The second kappa shape index (κ2) is 5.94. The molecule has 0 spiro atoms. The normalized spacial score (nSPS) is 11.1. The van der Waals surface area contributed by atoms with Crippen LogP contribution in [0.3, 0.4) is 0 Å². The van der Waals surface area contributed by atoms with Gasteiger partial charge in [0.1, 0.15) is 5.82 Å². The average molecular weight is 234 g/mol. The lowest BCUT2D eigenvalue weighted by atomic mass is 10.3. The molecular weight excluding hydrogens is 216 g/mol. The maximum atomic E-state index is 4.56.